The second-order valence-corrected chi connectivity index (χ2v) is 8.71. The van der Waals surface area contributed by atoms with E-state index in [1.54, 1.807) is 23.2 Å². The SMILES string of the molecule is CC(C)(C)OC(=O)N1CCN(c2ccc(Oc3ccc(C(=O)O)c(Br)c3)cn2)CC1. The molecule has 1 aromatic carbocycles. The molecule has 1 aliphatic heterocycles. The van der Waals surface area contributed by atoms with Crippen molar-refractivity contribution in [3.05, 3.63) is 46.6 Å². The first-order chi connectivity index (χ1) is 14.1. The number of carbonyl (C=O) groups excluding carboxylic acids is 1. The summed E-state index contributed by atoms with van der Waals surface area (Å²) in [5.74, 6) is 0.841. The first-order valence-electron chi connectivity index (χ1n) is 9.52. The Labute approximate surface area is 183 Å². The van der Waals surface area contributed by atoms with Crippen molar-refractivity contribution in [3.8, 4) is 11.5 Å². The molecule has 3 rings (SSSR count). The number of ether oxygens (including phenoxy) is 2. The van der Waals surface area contributed by atoms with Crippen molar-refractivity contribution >= 4 is 33.8 Å². The average Bonchev–Trinajstić information content (AvgIpc) is 2.67. The van der Waals surface area contributed by atoms with Crippen LogP contribution in [0.25, 0.3) is 0 Å². The Morgan fingerprint density at radius 3 is 2.27 bits per heavy atom. The fourth-order valence-corrected chi connectivity index (χ4v) is 3.46. The van der Waals surface area contributed by atoms with Gasteiger partial charge in [-0.1, -0.05) is 0 Å². The summed E-state index contributed by atoms with van der Waals surface area (Å²) < 4.78 is 11.6. The number of pyridine rings is 1. The molecule has 0 spiro atoms. The lowest BCUT2D eigenvalue weighted by Gasteiger charge is -2.36. The quantitative estimate of drug-likeness (QED) is 0.697. The highest BCUT2D eigenvalue weighted by atomic mass is 79.9. The molecule has 1 aliphatic rings. The van der Waals surface area contributed by atoms with Gasteiger partial charge in [0.2, 0.25) is 0 Å². The molecule has 2 heterocycles. The lowest BCUT2D eigenvalue weighted by molar-refractivity contribution is 0.0240. The summed E-state index contributed by atoms with van der Waals surface area (Å²) in [5.41, 5.74) is -0.337. The third-order valence-electron chi connectivity index (χ3n) is 4.38. The van der Waals surface area contributed by atoms with E-state index in [-0.39, 0.29) is 11.7 Å². The maximum Gasteiger partial charge on any atom is 0.410 e. The number of carbonyl (C=O) groups is 2. The molecule has 0 aliphatic carbocycles. The van der Waals surface area contributed by atoms with E-state index in [1.807, 2.05) is 32.9 Å². The number of rotatable bonds is 4. The third kappa shape index (κ3) is 5.63. The Bertz CT molecular complexity index is 919. The summed E-state index contributed by atoms with van der Waals surface area (Å²) in [5, 5.41) is 9.08. The van der Waals surface area contributed by atoms with Crippen molar-refractivity contribution in [3.63, 3.8) is 0 Å². The number of carboxylic acid groups (broad SMARTS) is 1. The molecule has 0 radical (unpaired) electrons. The predicted molar refractivity (Wildman–Crippen MR) is 115 cm³/mol. The monoisotopic (exact) mass is 477 g/mol. The van der Waals surface area contributed by atoms with Crippen LogP contribution in [0.5, 0.6) is 11.5 Å². The molecule has 1 N–H and O–H groups in total. The molecule has 1 fully saturated rings. The van der Waals surface area contributed by atoms with E-state index in [9.17, 15) is 9.59 Å². The predicted octanol–water partition coefficient (Wildman–Crippen LogP) is 4.39. The molecule has 8 nitrogen and oxygen atoms in total. The first-order valence-corrected chi connectivity index (χ1v) is 10.3. The van der Waals surface area contributed by atoms with Gasteiger partial charge in [-0.05, 0) is 67.0 Å². The molecule has 1 amide bonds. The highest BCUT2D eigenvalue weighted by molar-refractivity contribution is 9.10. The lowest BCUT2D eigenvalue weighted by Crippen LogP contribution is -2.50. The van der Waals surface area contributed by atoms with Gasteiger partial charge in [-0.2, -0.15) is 0 Å². The van der Waals surface area contributed by atoms with E-state index in [2.05, 4.69) is 25.8 Å². The van der Waals surface area contributed by atoms with Gasteiger partial charge in [0.25, 0.3) is 0 Å². The number of carboxylic acids is 1. The number of hydrogen-bond acceptors (Lipinski definition) is 6. The molecule has 0 saturated carbocycles. The summed E-state index contributed by atoms with van der Waals surface area (Å²) in [6.07, 6.45) is 1.33. The van der Waals surface area contributed by atoms with Crippen LogP contribution >= 0.6 is 15.9 Å². The minimum absolute atomic E-state index is 0.168. The maximum absolute atomic E-state index is 12.2. The van der Waals surface area contributed by atoms with Gasteiger partial charge in [0, 0.05) is 30.7 Å². The van der Waals surface area contributed by atoms with E-state index in [0.29, 0.717) is 42.2 Å². The number of aromatic carboxylic acids is 1. The molecular weight excluding hydrogens is 454 g/mol. The topological polar surface area (TPSA) is 92.2 Å². The van der Waals surface area contributed by atoms with Crippen molar-refractivity contribution in [1.82, 2.24) is 9.88 Å². The van der Waals surface area contributed by atoms with Crippen molar-refractivity contribution in [2.45, 2.75) is 26.4 Å². The average molecular weight is 478 g/mol. The van der Waals surface area contributed by atoms with Gasteiger partial charge < -0.3 is 24.4 Å². The smallest absolute Gasteiger partial charge is 0.410 e. The second kappa shape index (κ2) is 8.91. The minimum Gasteiger partial charge on any atom is -0.478 e. The molecule has 30 heavy (non-hydrogen) atoms. The number of nitrogens with zero attached hydrogens (tertiary/aromatic N) is 3. The van der Waals surface area contributed by atoms with Crippen LogP contribution in [0.4, 0.5) is 10.6 Å². The van der Waals surface area contributed by atoms with Crippen LogP contribution in [-0.2, 0) is 4.74 Å². The number of hydrogen-bond donors (Lipinski definition) is 1. The summed E-state index contributed by atoms with van der Waals surface area (Å²) >= 11 is 3.24. The summed E-state index contributed by atoms with van der Waals surface area (Å²) in [6.45, 7) is 8.03. The molecule has 0 unspecified atom stereocenters. The molecule has 1 saturated heterocycles. The first kappa shape index (κ1) is 21.9. The fraction of sp³-hybridized carbons (Fsp3) is 0.381. The van der Waals surface area contributed by atoms with Crippen LogP contribution in [0, 0.1) is 0 Å². The highest BCUT2D eigenvalue weighted by Crippen LogP contribution is 2.28. The fourth-order valence-electron chi connectivity index (χ4n) is 2.93. The summed E-state index contributed by atoms with van der Waals surface area (Å²) in [7, 11) is 0. The van der Waals surface area contributed by atoms with Crippen LogP contribution in [0.15, 0.2) is 41.0 Å². The Morgan fingerprint density at radius 1 is 1.07 bits per heavy atom. The maximum atomic E-state index is 12.2. The number of benzene rings is 1. The van der Waals surface area contributed by atoms with Gasteiger partial charge in [-0.15, -0.1) is 0 Å². The van der Waals surface area contributed by atoms with Gasteiger partial charge in [0.15, 0.2) is 0 Å². The van der Waals surface area contributed by atoms with Crippen LogP contribution in [0.1, 0.15) is 31.1 Å². The van der Waals surface area contributed by atoms with E-state index in [4.69, 9.17) is 14.6 Å². The van der Waals surface area contributed by atoms with Crippen molar-refractivity contribution in [2.24, 2.45) is 0 Å². The Balaban J connectivity index is 1.57. The van der Waals surface area contributed by atoms with Gasteiger partial charge in [-0.25, -0.2) is 14.6 Å². The van der Waals surface area contributed by atoms with Gasteiger partial charge in [0.05, 0.1) is 11.8 Å². The molecule has 160 valence electrons. The molecular formula is C21H24BrN3O5. The lowest BCUT2D eigenvalue weighted by atomic mass is 10.2. The van der Waals surface area contributed by atoms with E-state index >= 15 is 0 Å². The summed E-state index contributed by atoms with van der Waals surface area (Å²) in [4.78, 5) is 31.5. The zero-order chi connectivity index (χ0) is 21.9. The third-order valence-corrected chi connectivity index (χ3v) is 5.04. The normalized spacial score (nSPS) is 14.4. The second-order valence-electron chi connectivity index (χ2n) is 7.86. The van der Waals surface area contributed by atoms with Crippen LogP contribution < -0.4 is 9.64 Å². The molecule has 2 aromatic rings. The van der Waals surface area contributed by atoms with Gasteiger partial charge >= 0.3 is 12.1 Å². The Kier molecular flexibility index (Phi) is 6.50. The van der Waals surface area contributed by atoms with Crippen LogP contribution in [-0.4, -0.2) is 58.8 Å². The van der Waals surface area contributed by atoms with Crippen LogP contribution in [0.2, 0.25) is 0 Å². The van der Waals surface area contributed by atoms with Crippen molar-refractivity contribution in [2.75, 3.05) is 31.1 Å². The number of halogens is 1. The van der Waals surface area contributed by atoms with E-state index < -0.39 is 11.6 Å². The van der Waals surface area contributed by atoms with Crippen molar-refractivity contribution in [1.29, 1.82) is 0 Å². The molecule has 1 aromatic heterocycles. The highest BCUT2D eigenvalue weighted by Gasteiger charge is 2.26. The number of anilines is 1. The minimum atomic E-state index is -1.01. The zero-order valence-corrected chi connectivity index (χ0v) is 18.7. The Morgan fingerprint density at radius 2 is 1.73 bits per heavy atom. The van der Waals surface area contributed by atoms with Gasteiger partial charge in [-0.3, -0.25) is 0 Å². The number of piperazine rings is 1. The van der Waals surface area contributed by atoms with E-state index in [1.165, 1.54) is 6.07 Å². The van der Waals surface area contributed by atoms with E-state index in [0.717, 1.165) is 5.82 Å². The zero-order valence-electron chi connectivity index (χ0n) is 17.1. The molecule has 0 atom stereocenters. The number of amides is 1. The largest absolute Gasteiger partial charge is 0.478 e. The summed E-state index contributed by atoms with van der Waals surface area (Å²) in [6, 6.07) is 8.35. The van der Waals surface area contributed by atoms with Crippen molar-refractivity contribution < 1.29 is 24.2 Å². The molecule has 0 bridgehead atoms. The Hall–Kier alpha value is -2.81. The number of aromatic nitrogens is 1. The standard InChI is InChI=1S/C21H24BrN3O5/c1-21(2,3)30-20(28)25-10-8-24(9-11-25)18-7-5-15(13-23-18)29-14-4-6-16(19(26)27)17(22)12-14/h4-7,12-13H,8-11H2,1-3H3,(H,26,27). The van der Waals surface area contributed by atoms with Crippen LogP contribution in [0.3, 0.4) is 0 Å². The molecule has 9 heteroatoms. The van der Waals surface area contributed by atoms with Gasteiger partial charge in [0.1, 0.15) is 22.9 Å².